The highest BCUT2D eigenvalue weighted by molar-refractivity contribution is 5.67. The van der Waals surface area contributed by atoms with Crippen LogP contribution in [0, 0.1) is 10.1 Å². The summed E-state index contributed by atoms with van der Waals surface area (Å²) in [5, 5.41) is 21.8. The first kappa shape index (κ1) is 14.9. The van der Waals surface area contributed by atoms with Crippen LogP contribution in [0.25, 0.3) is 11.5 Å². The Morgan fingerprint density at radius 2 is 1.84 bits per heavy atom. The number of nitro benzene ring substituents is 1. The Morgan fingerprint density at radius 3 is 2.68 bits per heavy atom. The van der Waals surface area contributed by atoms with Gasteiger partial charge in [0.15, 0.2) is 11.5 Å². The maximum atomic E-state index is 11.1. The molecule has 1 N–H and O–H groups in total. The molecule has 0 unspecified atom stereocenters. The molecule has 0 bridgehead atoms. The van der Waals surface area contributed by atoms with E-state index in [9.17, 15) is 10.1 Å². The highest BCUT2D eigenvalue weighted by Gasteiger charge is 2.20. The van der Waals surface area contributed by atoms with Gasteiger partial charge in [-0.1, -0.05) is 17.2 Å². The maximum Gasteiger partial charge on any atom is 0.320 e. The molecule has 1 aliphatic heterocycles. The minimum absolute atomic E-state index is 0.0624. The van der Waals surface area contributed by atoms with Crippen LogP contribution in [0.1, 0.15) is 0 Å². The van der Waals surface area contributed by atoms with Crippen LogP contribution in [0.15, 0.2) is 46.9 Å². The molecule has 25 heavy (non-hydrogen) atoms. The molecule has 0 amide bonds. The third-order valence-electron chi connectivity index (χ3n) is 3.55. The second-order valence-corrected chi connectivity index (χ2v) is 5.17. The molecule has 126 valence electrons. The predicted octanol–water partition coefficient (Wildman–Crippen LogP) is 3.16. The first-order valence-electron chi connectivity index (χ1n) is 7.45. The summed E-state index contributed by atoms with van der Waals surface area (Å²) >= 11 is 0. The van der Waals surface area contributed by atoms with E-state index in [4.69, 9.17) is 13.9 Å². The van der Waals surface area contributed by atoms with Crippen molar-refractivity contribution >= 4 is 17.4 Å². The number of fused-ring (bicyclic) bond motifs is 1. The van der Waals surface area contributed by atoms with Crippen molar-refractivity contribution in [3.8, 4) is 23.0 Å². The monoisotopic (exact) mass is 340 g/mol. The summed E-state index contributed by atoms with van der Waals surface area (Å²) in [6.45, 7) is 1.00. The third kappa shape index (κ3) is 2.94. The van der Waals surface area contributed by atoms with Crippen molar-refractivity contribution in [3.05, 3.63) is 52.6 Å². The molecule has 0 saturated carbocycles. The van der Waals surface area contributed by atoms with Gasteiger partial charge in [-0.25, -0.2) is 0 Å². The lowest BCUT2D eigenvalue weighted by molar-refractivity contribution is -0.384. The van der Waals surface area contributed by atoms with E-state index in [-0.39, 0.29) is 23.2 Å². The van der Waals surface area contributed by atoms with Gasteiger partial charge in [-0.05, 0) is 18.2 Å². The van der Waals surface area contributed by atoms with Gasteiger partial charge in [0.05, 0.1) is 4.92 Å². The molecule has 0 aliphatic carbocycles. The van der Waals surface area contributed by atoms with Crippen molar-refractivity contribution in [2.45, 2.75) is 0 Å². The van der Waals surface area contributed by atoms with Gasteiger partial charge < -0.3 is 19.2 Å². The maximum absolute atomic E-state index is 11.1. The standard InChI is InChI=1S/C16H12N4O5/c21-20(22)12-4-2-1-3-11(12)15-18-19-16(25-15)17-10-5-6-13-14(9-10)24-8-7-23-13/h1-6,9H,7-8H2,(H,17,19). The smallest absolute Gasteiger partial charge is 0.320 e. The van der Waals surface area contributed by atoms with Gasteiger partial charge in [-0.3, -0.25) is 10.1 Å². The van der Waals surface area contributed by atoms with Crippen LogP contribution >= 0.6 is 0 Å². The minimum Gasteiger partial charge on any atom is -0.486 e. The average molecular weight is 340 g/mol. The molecule has 4 rings (SSSR count). The Hall–Kier alpha value is -3.62. The molecular formula is C16H12N4O5. The Balaban J connectivity index is 1.59. The van der Waals surface area contributed by atoms with Crippen molar-refractivity contribution in [1.29, 1.82) is 0 Å². The van der Waals surface area contributed by atoms with Crippen LogP contribution in [0.3, 0.4) is 0 Å². The number of nitrogens with one attached hydrogen (secondary N) is 1. The van der Waals surface area contributed by atoms with Crippen molar-refractivity contribution in [1.82, 2.24) is 10.2 Å². The van der Waals surface area contributed by atoms with Crippen LogP contribution in [-0.2, 0) is 0 Å². The number of benzene rings is 2. The Kier molecular flexibility index (Phi) is 3.65. The zero-order valence-electron chi connectivity index (χ0n) is 12.8. The fraction of sp³-hybridized carbons (Fsp3) is 0.125. The SMILES string of the molecule is O=[N+]([O-])c1ccccc1-c1nnc(Nc2ccc3c(c2)OCCO3)o1. The predicted molar refractivity (Wildman–Crippen MR) is 87.1 cm³/mol. The van der Waals surface area contributed by atoms with Crippen molar-refractivity contribution in [2.24, 2.45) is 0 Å². The fourth-order valence-corrected chi connectivity index (χ4v) is 2.44. The topological polar surface area (TPSA) is 113 Å². The first-order chi connectivity index (χ1) is 12.2. The lowest BCUT2D eigenvalue weighted by Crippen LogP contribution is -2.15. The molecule has 0 fully saturated rings. The average Bonchev–Trinajstić information content (AvgIpc) is 3.10. The zero-order chi connectivity index (χ0) is 17.2. The summed E-state index contributed by atoms with van der Waals surface area (Å²) in [5.41, 5.74) is 0.828. The highest BCUT2D eigenvalue weighted by atomic mass is 16.6. The summed E-state index contributed by atoms with van der Waals surface area (Å²) in [7, 11) is 0. The Morgan fingerprint density at radius 1 is 1.04 bits per heavy atom. The largest absolute Gasteiger partial charge is 0.486 e. The molecule has 1 aliphatic rings. The molecule has 2 aromatic carbocycles. The van der Waals surface area contributed by atoms with E-state index in [2.05, 4.69) is 15.5 Å². The third-order valence-corrected chi connectivity index (χ3v) is 3.55. The Labute approximate surface area is 141 Å². The van der Waals surface area contributed by atoms with Gasteiger partial charge >= 0.3 is 6.01 Å². The summed E-state index contributed by atoms with van der Waals surface area (Å²) < 4.78 is 16.5. The number of anilines is 2. The quantitative estimate of drug-likeness (QED) is 0.569. The number of aromatic nitrogens is 2. The van der Waals surface area contributed by atoms with Gasteiger partial charge in [-0.2, -0.15) is 0 Å². The van der Waals surface area contributed by atoms with Crippen molar-refractivity contribution < 1.29 is 18.8 Å². The molecule has 9 nitrogen and oxygen atoms in total. The van der Waals surface area contributed by atoms with E-state index < -0.39 is 4.92 Å². The molecule has 2 heterocycles. The van der Waals surface area contributed by atoms with Gasteiger partial charge in [-0.15, -0.1) is 5.10 Å². The van der Waals surface area contributed by atoms with E-state index in [0.717, 1.165) is 0 Å². The fourth-order valence-electron chi connectivity index (χ4n) is 2.44. The highest BCUT2D eigenvalue weighted by Crippen LogP contribution is 2.34. The summed E-state index contributed by atoms with van der Waals surface area (Å²) in [6.07, 6.45) is 0. The van der Waals surface area contributed by atoms with Gasteiger partial charge in [0.25, 0.3) is 11.6 Å². The lowest BCUT2D eigenvalue weighted by atomic mass is 10.2. The Bertz CT molecular complexity index is 940. The second kappa shape index (κ2) is 6.11. The molecular weight excluding hydrogens is 328 g/mol. The number of para-hydroxylation sites is 1. The number of nitro groups is 1. The molecule has 0 atom stereocenters. The van der Waals surface area contributed by atoms with Crippen LogP contribution in [-0.4, -0.2) is 28.3 Å². The van der Waals surface area contributed by atoms with E-state index in [0.29, 0.717) is 30.4 Å². The van der Waals surface area contributed by atoms with Crippen molar-refractivity contribution in [2.75, 3.05) is 18.5 Å². The van der Waals surface area contributed by atoms with Crippen LogP contribution < -0.4 is 14.8 Å². The van der Waals surface area contributed by atoms with Crippen molar-refractivity contribution in [3.63, 3.8) is 0 Å². The summed E-state index contributed by atoms with van der Waals surface area (Å²) in [5.74, 6) is 1.35. The molecule has 0 radical (unpaired) electrons. The van der Waals surface area contributed by atoms with Gasteiger partial charge in [0.2, 0.25) is 0 Å². The lowest BCUT2D eigenvalue weighted by Gasteiger charge is -2.18. The normalized spacial score (nSPS) is 12.6. The van der Waals surface area contributed by atoms with Crippen LogP contribution in [0.4, 0.5) is 17.4 Å². The van der Waals surface area contributed by atoms with Crippen LogP contribution in [0.2, 0.25) is 0 Å². The molecule has 0 saturated heterocycles. The van der Waals surface area contributed by atoms with Gasteiger partial charge in [0, 0.05) is 17.8 Å². The zero-order valence-corrected chi connectivity index (χ0v) is 12.8. The number of ether oxygens (including phenoxy) is 2. The molecule has 3 aromatic rings. The number of nitrogens with zero attached hydrogens (tertiary/aromatic N) is 3. The first-order valence-corrected chi connectivity index (χ1v) is 7.45. The summed E-state index contributed by atoms with van der Waals surface area (Å²) in [6, 6.07) is 11.6. The number of hydrogen-bond donors (Lipinski definition) is 1. The summed E-state index contributed by atoms with van der Waals surface area (Å²) in [4.78, 5) is 10.6. The number of rotatable bonds is 4. The van der Waals surface area contributed by atoms with E-state index in [1.54, 1.807) is 36.4 Å². The second-order valence-electron chi connectivity index (χ2n) is 5.17. The molecule has 0 spiro atoms. The number of hydrogen-bond acceptors (Lipinski definition) is 8. The molecule has 9 heteroatoms. The minimum atomic E-state index is -0.493. The van der Waals surface area contributed by atoms with E-state index >= 15 is 0 Å². The van der Waals surface area contributed by atoms with Gasteiger partial charge in [0.1, 0.15) is 18.8 Å². The van der Waals surface area contributed by atoms with E-state index in [1.165, 1.54) is 6.07 Å². The molecule has 1 aromatic heterocycles. The van der Waals surface area contributed by atoms with E-state index in [1.807, 2.05) is 0 Å². The van der Waals surface area contributed by atoms with Crippen LogP contribution in [0.5, 0.6) is 11.5 Å².